The Balaban J connectivity index is 0.00000361. The molecule has 1 aromatic rings. The highest BCUT2D eigenvalue weighted by Gasteiger charge is 2.23. The molecule has 20 heavy (non-hydrogen) atoms. The van der Waals surface area contributed by atoms with Crippen LogP contribution in [-0.4, -0.2) is 22.1 Å². The van der Waals surface area contributed by atoms with Crippen LogP contribution in [0.5, 0.6) is 0 Å². The largest absolute Gasteiger partial charge is 0.345 e. The molecule has 0 saturated carbocycles. The Morgan fingerprint density at radius 3 is 2.45 bits per heavy atom. The van der Waals surface area contributed by atoms with Gasteiger partial charge in [0.1, 0.15) is 6.04 Å². The Kier molecular flexibility index (Phi) is 7.16. The van der Waals surface area contributed by atoms with E-state index in [1.165, 1.54) is 0 Å². The van der Waals surface area contributed by atoms with Gasteiger partial charge in [-0.3, -0.25) is 4.79 Å². The zero-order chi connectivity index (χ0) is 14.6. The van der Waals surface area contributed by atoms with Gasteiger partial charge in [0.15, 0.2) is 5.82 Å². The molecule has 7 heteroatoms. The molecule has 1 rings (SSSR count). The summed E-state index contributed by atoms with van der Waals surface area (Å²) in [6.45, 7) is 9.72. The number of aromatic nitrogens is 2. The number of carbonyl (C=O) groups excluding carboxylic acids is 1. The number of halogens is 1. The van der Waals surface area contributed by atoms with E-state index in [1.807, 2.05) is 34.6 Å². The van der Waals surface area contributed by atoms with Crippen LogP contribution in [0.15, 0.2) is 4.52 Å². The van der Waals surface area contributed by atoms with Crippen LogP contribution in [-0.2, 0) is 10.2 Å². The zero-order valence-electron chi connectivity index (χ0n) is 12.8. The Hall–Kier alpha value is -1.14. The van der Waals surface area contributed by atoms with Gasteiger partial charge in [-0.15, -0.1) is 12.4 Å². The number of hydrogen-bond donors (Lipinski definition) is 2. The van der Waals surface area contributed by atoms with Crippen molar-refractivity contribution in [2.75, 3.05) is 0 Å². The molecule has 0 bridgehead atoms. The molecule has 0 spiro atoms. The van der Waals surface area contributed by atoms with Gasteiger partial charge < -0.3 is 15.6 Å². The molecular formula is C13H25ClN4O2. The minimum Gasteiger partial charge on any atom is -0.345 e. The number of rotatable bonds is 5. The van der Waals surface area contributed by atoms with Gasteiger partial charge in [0.2, 0.25) is 11.8 Å². The van der Waals surface area contributed by atoms with Crippen molar-refractivity contribution in [1.82, 2.24) is 15.5 Å². The predicted molar refractivity (Wildman–Crippen MR) is 79.7 cm³/mol. The molecule has 1 heterocycles. The van der Waals surface area contributed by atoms with Crippen molar-refractivity contribution >= 4 is 18.3 Å². The lowest BCUT2D eigenvalue weighted by Gasteiger charge is -2.12. The van der Waals surface area contributed by atoms with E-state index >= 15 is 0 Å². The lowest BCUT2D eigenvalue weighted by molar-refractivity contribution is -0.122. The summed E-state index contributed by atoms with van der Waals surface area (Å²) in [4.78, 5) is 16.0. The number of carbonyl (C=O) groups is 1. The summed E-state index contributed by atoms with van der Waals surface area (Å²) < 4.78 is 5.18. The Bertz CT molecular complexity index is 426. The second-order valence-electron chi connectivity index (χ2n) is 6.01. The Morgan fingerprint density at radius 1 is 1.40 bits per heavy atom. The Labute approximate surface area is 126 Å². The topological polar surface area (TPSA) is 94.0 Å². The fourth-order valence-electron chi connectivity index (χ4n) is 1.45. The standard InChI is InChI=1S/C13H24N4O2.ClH/c1-8(14)6-7-10(18)15-9(2)11-16-12(17-19-11)13(3,4)5;/h8-9H,6-7,14H2,1-5H3,(H,15,18);1H. The molecule has 0 fully saturated rings. The third-order valence-electron chi connectivity index (χ3n) is 2.69. The Morgan fingerprint density at radius 2 is 2.00 bits per heavy atom. The van der Waals surface area contributed by atoms with E-state index in [0.717, 1.165) is 0 Å². The van der Waals surface area contributed by atoms with Gasteiger partial charge in [-0.25, -0.2) is 0 Å². The van der Waals surface area contributed by atoms with Crippen LogP contribution < -0.4 is 11.1 Å². The molecule has 0 aliphatic heterocycles. The molecule has 0 aromatic carbocycles. The molecule has 116 valence electrons. The average molecular weight is 305 g/mol. The van der Waals surface area contributed by atoms with E-state index in [9.17, 15) is 4.79 Å². The molecule has 0 aliphatic rings. The van der Waals surface area contributed by atoms with Gasteiger partial charge in [-0.05, 0) is 20.3 Å². The number of nitrogens with two attached hydrogens (primary N) is 1. The van der Waals surface area contributed by atoms with Gasteiger partial charge >= 0.3 is 0 Å². The molecule has 1 amide bonds. The van der Waals surface area contributed by atoms with Crippen molar-refractivity contribution in [1.29, 1.82) is 0 Å². The van der Waals surface area contributed by atoms with Gasteiger partial charge in [-0.1, -0.05) is 25.9 Å². The SMILES string of the molecule is CC(N)CCC(=O)NC(C)c1nc(C(C)(C)C)no1.Cl. The number of amides is 1. The maximum absolute atomic E-state index is 11.7. The number of nitrogens with zero attached hydrogens (tertiary/aromatic N) is 2. The third kappa shape index (κ3) is 5.88. The van der Waals surface area contributed by atoms with Gasteiger partial charge in [0, 0.05) is 17.9 Å². The quantitative estimate of drug-likeness (QED) is 0.868. The summed E-state index contributed by atoms with van der Waals surface area (Å²) in [6, 6.07) is -0.263. The van der Waals surface area contributed by atoms with Crippen LogP contribution in [0.3, 0.4) is 0 Å². The monoisotopic (exact) mass is 304 g/mol. The van der Waals surface area contributed by atoms with Crippen LogP contribution in [0.2, 0.25) is 0 Å². The van der Waals surface area contributed by atoms with E-state index in [1.54, 1.807) is 0 Å². The summed E-state index contributed by atoms with van der Waals surface area (Å²) in [5.41, 5.74) is 5.45. The maximum Gasteiger partial charge on any atom is 0.248 e. The molecule has 0 aliphatic carbocycles. The second kappa shape index (κ2) is 7.59. The highest BCUT2D eigenvalue weighted by Crippen LogP contribution is 2.20. The summed E-state index contributed by atoms with van der Waals surface area (Å²) in [5, 5.41) is 6.76. The highest BCUT2D eigenvalue weighted by molar-refractivity contribution is 5.85. The molecule has 3 N–H and O–H groups in total. The fraction of sp³-hybridized carbons (Fsp3) is 0.769. The lowest BCUT2D eigenvalue weighted by atomic mass is 9.96. The summed E-state index contributed by atoms with van der Waals surface area (Å²) in [5.74, 6) is 1.01. The van der Waals surface area contributed by atoms with Crippen LogP contribution >= 0.6 is 12.4 Å². The van der Waals surface area contributed by atoms with Gasteiger partial charge in [0.05, 0.1) is 0 Å². The molecule has 2 unspecified atom stereocenters. The highest BCUT2D eigenvalue weighted by atomic mass is 35.5. The number of nitrogens with one attached hydrogen (secondary N) is 1. The van der Waals surface area contributed by atoms with Crippen LogP contribution in [0.1, 0.15) is 65.2 Å². The molecule has 2 atom stereocenters. The van der Waals surface area contributed by atoms with Crippen LogP contribution in [0, 0.1) is 0 Å². The maximum atomic E-state index is 11.7. The first-order valence-electron chi connectivity index (χ1n) is 6.59. The van der Waals surface area contributed by atoms with E-state index in [2.05, 4.69) is 15.5 Å². The molecule has 0 saturated heterocycles. The van der Waals surface area contributed by atoms with Crippen molar-refractivity contribution in [2.45, 2.75) is 65.0 Å². The normalized spacial score (nSPS) is 14.3. The smallest absolute Gasteiger partial charge is 0.248 e. The van der Waals surface area contributed by atoms with Crippen LogP contribution in [0.4, 0.5) is 0 Å². The lowest BCUT2D eigenvalue weighted by Crippen LogP contribution is -2.28. The first kappa shape index (κ1) is 18.9. The van der Waals surface area contributed by atoms with Gasteiger partial charge in [-0.2, -0.15) is 4.98 Å². The zero-order valence-corrected chi connectivity index (χ0v) is 13.6. The van der Waals surface area contributed by atoms with Crippen molar-refractivity contribution in [3.05, 3.63) is 11.7 Å². The van der Waals surface area contributed by atoms with E-state index < -0.39 is 0 Å². The molecule has 0 radical (unpaired) electrons. The van der Waals surface area contributed by atoms with Gasteiger partial charge in [0.25, 0.3) is 0 Å². The number of hydrogen-bond acceptors (Lipinski definition) is 5. The van der Waals surface area contributed by atoms with E-state index in [-0.39, 0.29) is 35.8 Å². The molecule has 6 nitrogen and oxygen atoms in total. The first-order valence-corrected chi connectivity index (χ1v) is 6.59. The summed E-state index contributed by atoms with van der Waals surface area (Å²) in [6.07, 6.45) is 1.07. The third-order valence-corrected chi connectivity index (χ3v) is 2.69. The average Bonchev–Trinajstić information content (AvgIpc) is 2.75. The summed E-state index contributed by atoms with van der Waals surface area (Å²) in [7, 11) is 0. The minimum absolute atomic E-state index is 0. The predicted octanol–water partition coefficient (Wildman–Crippen LogP) is 2.09. The molecule has 1 aromatic heterocycles. The van der Waals surface area contributed by atoms with Crippen molar-refractivity contribution in [3.63, 3.8) is 0 Å². The van der Waals surface area contributed by atoms with Crippen molar-refractivity contribution in [2.24, 2.45) is 5.73 Å². The first-order chi connectivity index (χ1) is 8.70. The van der Waals surface area contributed by atoms with E-state index in [4.69, 9.17) is 10.3 Å². The molecular weight excluding hydrogens is 280 g/mol. The van der Waals surface area contributed by atoms with Crippen molar-refractivity contribution in [3.8, 4) is 0 Å². The van der Waals surface area contributed by atoms with Crippen LogP contribution in [0.25, 0.3) is 0 Å². The fourth-order valence-corrected chi connectivity index (χ4v) is 1.45. The van der Waals surface area contributed by atoms with Crippen molar-refractivity contribution < 1.29 is 9.32 Å². The second-order valence-corrected chi connectivity index (χ2v) is 6.01. The van der Waals surface area contributed by atoms with E-state index in [0.29, 0.717) is 24.6 Å². The minimum atomic E-state index is -0.288. The summed E-state index contributed by atoms with van der Waals surface area (Å²) >= 11 is 0.